The molecule has 0 N–H and O–H groups in total. The van der Waals surface area contributed by atoms with Crippen molar-refractivity contribution in [1.29, 1.82) is 10.5 Å². The Labute approximate surface area is 530 Å². The normalized spacial score (nSPS) is 19.3. The molecule has 0 radical (unpaired) electrons. The van der Waals surface area contributed by atoms with Crippen LogP contribution in [-0.2, 0) is 35.5 Å². The molecule has 460 valence electrons. The summed E-state index contributed by atoms with van der Waals surface area (Å²) in [6, 6.07) is 32.0. The lowest BCUT2D eigenvalue weighted by atomic mass is 9.99. The zero-order valence-electron chi connectivity index (χ0n) is 49.7. The van der Waals surface area contributed by atoms with Gasteiger partial charge in [0, 0.05) is 91.7 Å². The molecule has 3 saturated heterocycles. The standard InChI is InChI=1S/C33H37FN6O2.C32H36FN7O2.3H2S/c1-22-7-5-10-25-11-6-12-29(30(22)25)38-16-14-27-28(20-38)36-33(42-21-24-8-3-4-9-24)37-31(27)39-17-18-40(32(41)23(2)34)26(19-39)13-15-35;1-22(33)31(41)40-18-17-39(19-24(40)12-14-34)30-27-13-16-38(29-11-5-8-23-7-3-4-10-26(23)29)20-28(27)35-32(36-30)42-21-25-9-6-15-37(25)2;;;/h5-7,10-12,24,26H,2-4,8-9,13-14,16-21H2,1H3;3-5,7-8,10-11,24-25H,1,6,9,12-13,15-21H2,2H3;3*1H2/t26-;24-,25-;;;/m00.../s1. The number of benzene rings is 4. The zero-order chi connectivity index (χ0) is 58.4. The summed E-state index contributed by atoms with van der Waals surface area (Å²) in [5, 5.41) is 23.8. The largest absolute Gasteiger partial charge is 0.463 e. The van der Waals surface area contributed by atoms with Crippen molar-refractivity contribution >= 4 is 96.9 Å². The summed E-state index contributed by atoms with van der Waals surface area (Å²) in [5.41, 5.74) is 7.58. The Bertz CT molecular complexity index is 3550. The van der Waals surface area contributed by atoms with Crippen LogP contribution in [0.1, 0.15) is 79.4 Å². The molecular formula is C65H79F2N13O4S3. The van der Waals surface area contributed by atoms with Gasteiger partial charge in [-0.3, -0.25) is 9.59 Å². The van der Waals surface area contributed by atoms with Crippen LogP contribution in [0.5, 0.6) is 12.0 Å². The molecule has 12 rings (SSSR count). The topological polar surface area (TPSA) is 174 Å². The maximum atomic E-state index is 13.8. The molecule has 6 aliphatic rings. The molecule has 17 nitrogen and oxygen atoms in total. The SMILES string of the molecule is C=C(F)C(=O)N1CCN(c2nc(OCC3CCCC3)nc3c2CCN(c2cccc4cccc(C)c24)C3)C[C@@H]1CC#N.C=C(F)C(=O)N1CCN(c2nc(OC[C@@H]3CCCN3C)nc3c2CCN(c2cccc4ccccc24)C3)C[C@@H]1CC#N.S.S.S. The van der Waals surface area contributed by atoms with Gasteiger partial charge in [-0.05, 0) is 93.4 Å². The lowest BCUT2D eigenvalue weighted by Crippen LogP contribution is -2.55. The first-order valence-corrected chi connectivity index (χ1v) is 29.6. The quantitative estimate of drug-likeness (QED) is 0.0942. The lowest BCUT2D eigenvalue weighted by molar-refractivity contribution is -0.132. The number of aromatic nitrogens is 4. The van der Waals surface area contributed by atoms with Gasteiger partial charge in [-0.15, -0.1) is 0 Å². The highest BCUT2D eigenvalue weighted by molar-refractivity contribution is 7.59. The third-order valence-electron chi connectivity index (χ3n) is 17.8. The molecule has 3 atom stereocenters. The number of rotatable bonds is 14. The molecule has 5 aliphatic heterocycles. The second-order valence-electron chi connectivity index (χ2n) is 23.1. The van der Waals surface area contributed by atoms with Gasteiger partial charge in [0.25, 0.3) is 11.8 Å². The summed E-state index contributed by atoms with van der Waals surface area (Å²) in [4.78, 5) is 58.8. The van der Waals surface area contributed by atoms with Crippen LogP contribution in [0.25, 0.3) is 21.5 Å². The van der Waals surface area contributed by atoms with Gasteiger partial charge in [-0.2, -0.15) is 70.9 Å². The Hall–Kier alpha value is -7.37. The highest BCUT2D eigenvalue weighted by atomic mass is 32.1. The Morgan fingerprint density at radius 3 is 1.63 bits per heavy atom. The van der Waals surface area contributed by atoms with Gasteiger partial charge in [0.05, 0.1) is 68.1 Å². The number of nitrogens with zero attached hydrogens (tertiary/aromatic N) is 13. The van der Waals surface area contributed by atoms with E-state index in [1.54, 1.807) is 0 Å². The predicted molar refractivity (Wildman–Crippen MR) is 352 cm³/mol. The van der Waals surface area contributed by atoms with Crippen molar-refractivity contribution < 1.29 is 27.8 Å². The molecule has 4 aromatic carbocycles. The van der Waals surface area contributed by atoms with E-state index in [4.69, 9.17) is 29.4 Å². The molecule has 22 heteroatoms. The monoisotopic (exact) mass is 1240 g/mol. The second kappa shape index (κ2) is 29.6. The van der Waals surface area contributed by atoms with Crippen molar-refractivity contribution in [2.24, 2.45) is 5.92 Å². The van der Waals surface area contributed by atoms with E-state index >= 15 is 0 Å². The average molecular weight is 1240 g/mol. The molecule has 7 heterocycles. The first-order chi connectivity index (χ1) is 40.8. The average Bonchev–Trinajstić information content (AvgIpc) is 1.35. The van der Waals surface area contributed by atoms with E-state index in [9.17, 15) is 28.9 Å². The smallest absolute Gasteiger partial charge is 0.318 e. The third-order valence-corrected chi connectivity index (χ3v) is 17.8. The van der Waals surface area contributed by atoms with Gasteiger partial charge in [-0.25, -0.2) is 8.78 Å². The van der Waals surface area contributed by atoms with Crippen LogP contribution >= 0.6 is 40.5 Å². The Morgan fingerprint density at radius 1 is 0.586 bits per heavy atom. The van der Waals surface area contributed by atoms with Crippen LogP contribution in [0.15, 0.2) is 104 Å². The Balaban J connectivity index is 0.000000218. The molecule has 87 heavy (non-hydrogen) atoms. The molecule has 0 spiro atoms. The number of nitriles is 2. The number of hydrogen-bond acceptors (Lipinski definition) is 15. The number of aryl methyl sites for hydroxylation is 1. The number of hydrogen-bond donors (Lipinski definition) is 0. The van der Waals surface area contributed by atoms with Crippen LogP contribution in [0.2, 0.25) is 0 Å². The number of anilines is 4. The number of likely N-dealkylation sites (tertiary alicyclic amines) is 1. The second-order valence-corrected chi connectivity index (χ2v) is 23.1. The molecule has 1 aliphatic carbocycles. The Kier molecular flexibility index (Phi) is 22.3. The minimum atomic E-state index is -1.01. The maximum absolute atomic E-state index is 13.8. The predicted octanol–water partition coefficient (Wildman–Crippen LogP) is 9.90. The molecule has 2 amide bonds. The first-order valence-electron chi connectivity index (χ1n) is 29.6. The molecule has 2 aromatic heterocycles. The van der Waals surface area contributed by atoms with Crippen LogP contribution in [0, 0.1) is 35.5 Å². The van der Waals surface area contributed by atoms with Gasteiger partial charge in [0.1, 0.15) is 18.2 Å². The van der Waals surface area contributed by atoms with Crippen LogP contribution < -0.4 is 29.1 Å². The van der Waals surface area contributed by atoms with Crippen molar-refractivity contribution in [2.75, 3.05) is 98.8 Å². The lowest BCUT2D eigenvalue weighted by Gasteiger charge is -2.42. The maximum Gasteiger partial charge on any atom is 0.318 e. The summed E-state index contributed by atoms with van der Waals surface area (Å²) in [6.07, 6.45) is 8.70. The molecule has 0 bridgehead atoms. The van der Waals surface area contributed by atoms with E-state index in [1.165, 1.54) is 61.1 Å². The highest BCUT2D eigenvalue weighted by Gasteiger charge is 2.37. The van der Waals surface area contributed by atoms with Crippen LogP contribution in [-0.4, -0.2) is 144 Å². The summed E-state index contributed by atoms with van der Waals surface area (Å²) in [7, 11) is 2.12. The van der Waals surface area contributed by atoms with Crippen molar-refractivity contribution in [1.82, 2.24) is 34.6 Å². The van der Waals surface area contributed by atoms with Crippen molar-refractivity contribution in [3.8, 4) is 24.2 Å². The number of amides is 2. The Morgan fingerprint density at radius 2 is 1.09 bits per heavy atom. The summed E-state index contributed by atoms with van der Waals surface area (Å²) in [6.45, 7) is 15.8. The first kappa shape index (κ1) is 65.6. The van der Waals surface area contributed by atoms with Crippen molar-refractivity contribution in [3.63, 3.8) is 0 Å². The van der Waals surface area contributed by atoms with E-state index in [0.717, 1.165) is 92.3 Å². The summed E-state index contributed by atoms with van der Waals surface area (Å²) < 4.78 is 40.0. The van der Waals surface area contributed by atoms with Gasteiger partial charge in [0.15, 0.2) is 11.7 Å². The molecule has 6 aromatic rings. The van der Waals surface area contributed by atoms with E-state index in [1.807, 2.05) is 0 Å². The molecule has 1 saturated carbocycles. The number of carbonyl (C=O) groups is 2. The van der Waals surface area contributed by atoms with Gasteiger partial charge >= 0.3 is 12.0 Å². The number of ether oxygens (including phenoxy) is 2. The fraction of sp³-hybridized carbons (Fsp3) is 0.446. The fourth-order valence-electron chi connectivity index (χ4n) is 13.3. The number of carbonyl (C=O) groups excluding carboxylic acids is 2. The summed E-state index contributed by atoms with van der Waals surface area (Å²) >= 11 is 0. The molecular weight excluding hydrogens is 1160 g/mol. The third kappa shape index (κ3) is 14.5. The molecule has 0 unspecified atom stereocenters. The van der Waals surface area contributed by atoms with Crippen LogP contribution in [0.3, 0.4) is 0 Å². The number of halogens is 2. The number of fused-ring (bicyclic) bond motifs is 4. The van der Waals surface area contributed by atoms with E-state index in [2.05, 4.69) is 143 Å². The van der Waals surface area contributed by atoms with E-state index in [0.29, 0.717) is 76.5 Å². The van der Waals surface area contributed by atoms with E-state index < -0.39 is 35.6 Å². The summed E-state index contributed by atoms with van der Waals surface area (Å²) in [5.74, 6) is -1.42. The highest BCUT2D eigenvalue weighted by Crippen LogP contribution is 2.39. The van der Waals surface area contributed by atoms with Crippen molar-refractivity contribution in [2.45, 2.75) is 102 Å². The zero-order valence-corrected chi connectivity index (χ0v) is 52.7. The van der Waals surface area contributed by atoms with Gasteiger partial charge in [0.2, 0.25) is 0 Å². The minimum absolute atomic E-state index is 0. The van der Waals surface area contributed by atoms with E-state index in [-0.39, 0.29) is 66.4 Å². The minimum Gasteiger partial charge on any atom is -0.463 e. The molecule has 4 fully saturated rings. The number of piperazine rings is 2. The van der Waals surface area contributed by atoms with Gasteiger partial charge < -0.3 is 43.8 Å². The number of likely N-dealkylation sites (N-methyl/N-ethyl adjacent to an activating group) is 1. The van der Waals surface area contributed by atoms with Crippen LogP contribution in [0.4, 0.5) is 31.8 Å². The van der Waals surface area contributed by atoms with Crippen molar-refractivity contribution in [3.05, 3.63) is 132 Å². The van der Waals surface area contributed by atoms with Gasteiger partial charge in [-0.1, -0.05) is 92.7 Å². The fourth-order valence-corrected chi connectivity index (χ4v) is 13.3.